The molecule has 1 unspecified atom stereocenters. The second-order valence-electron chi connectivity index (χ2n) is 6.38. The minimum absolute atomic E-state index is 0.132. The van der Waals surface area contributed by atoms with Crippen LogP contribution in [0.5, 0.6) is 11.5 Å². The molecule has 0 fully saturated rings. The van der Waals surface area contributed by atoms with Gasteiger partial charge in [0.15, 0.2) is 11.5 Å². The van der Waals surface area contributed by atoms with Crippen molar-refractivity contribution in [2.24, 2.45) is 10.9 Å². The molecule has 6 heteroatoms. The summed E-state index contributed by atoms with van der Waals surface area (Å²) in [6.45, 7) is 3.59. The summed E-state index contributed by atoms with van der Waals surface area (Å²) in [6.07, 6.45) is 4.47. The summed E-state index contributed by atoms with van der Waals surface area (Å²) in [6, 6.07) is 13.5. The Morgan fingerprint density at radius 2 is 1.75 bits per heavy atom. The number of hydrogen-bond acceptors (Lipinski definition) is 5. The summed E-state index contributed by atoms with van der Waals surface area (Å²) in [5, 5.41) is 9.20. The van der Waals surface area contributed by atoms with Crippen molar-refractivity contribution in [3.8, 4) is 11.5 Å². The van der Waals surface area contributed by atoms with Gasteiger partial charge in [-0.2, -0.15) is 0 Å². The zero-order valence-electron chi connectivity index (χ0n) is 16.0. The second-order valence-corrected chi connectivity index (χ2v) is 6.38. The molecule has 0 saturated carbocycles. The van der Waals surface area contributed by atoms with Crippen LogP contribution in [0, 0.1) is 5.92 Å². The molecule has 0 spiro atoms. The highest BCUT2D eigenvalue weighted by Gasteiger charge is 2.19. The van der Waals surface area contributed by atoms with E-state index in [0.717, 1.165) is 5.56 Å². The van der Waals surface area contributed by atoms with Gasteiger partial charge < -0.3 is 14.6 Å². The molecular weight excluding hydrogens is 358 g/mol. The first kappa shape index (κ1) is 20.9. The van der Waals surface area contributed by atoms with E-state index in [4.69, 9.17) is 9.47 Å². The Labute approximate surface area is 164 Å². The van der Waals surface area contributed by atoms with Crippen LogP contribution >= 0.6 is 0 Å². The molecule has 0 amide bonds. The lowest BCUT2D eigenvalue weighted by molar-refractivity contribution is -0.139. The molecule has 28 heavy (non-hydrogen) atoms. The monoisotopic (exact) mass is 381 g/mol. The third-order valence-electron chi connectivity index (χ3n) is 3.88. The number of carboxylic acids is 1. The number of hydrogen-bond donors (Lipinski definition) is 1. The molecule has 0 radical (unpaired) electrons. The molecule has 2 rings (SSSR count). The lowest BCUT2D eigenvalue weighted by atomic mass is 10.1. The van der Waals surface area contributed by atoms with Crippen molar-refractivity contribution in [2.45, 2.75) is 19.9 Å². The number of benzene rings is 2. The molecule has 146 valence electrons. The minimum Gasteiger partial charge on any atom is -0.493 e. The minimum atomic E-state index is -0.978. The number of carbonyl (C=O) groups excluding carboxylic acids is 1. The Bertz CT molecular complexity index is 872. The smallest absolute Gasteiger partial charge is 0.336 e. The molecule has 2 aromatic rings. The Balaban J connectivity index is 2.11. The summed E-state index contributed by atoms with van der Waals surface area (Å²) < 4.78 is 10.6. The van der Waals surface area contributed by atoms with E-state index >= 15 is 0 Å². The number of aliphatic carboxylic acids is 1. The summed E-state index contributed by atoms with van der Waals surface area (Å²) in [5.74, 6) is -1.03. The van der Waals surface area contributed by atoms with Crippen molar-refractivity contribution in [1.29, 1.82) is 0 Å². The van der Waals surface area contributed by atoms with Gasteiger partial charge in [-0.3, -0.25) is 4.99 Å². The molecule has 2 aromatic carbocycles. The van der Waals surface area contributed by atoms with Crippen LogP contribution in [0.4, 0.5) is 0 Å². The third-order valence-corrected chi connectivity index (χ3v) is 3.88. The highest BCUT2D eigenvalue weighted by Crippen LogP contribution is 2.28. The Morgan fingerprint density at radius 1 is 1.04 bits per heavy atom. The number of methoxy groups -OCH3 is 1. The summed E-state index contributed by atoms with van der Waals surface area (Å²) >= 11 is 0. The number of esters is 1. The highest BCUT2D eigenvalue weighted by molar-refractivity contribution is 5.89. The molecule has 0 aliphatic carbocycles. The van der Waals surface area contributed by atoms with E-state index in [2.05, 4.69) is 4.99 Å². The number of rotatable bonds is 8. The standard InChI is InChI=1S/C22H23NO5/c1-15(2)21(22(25)26)23-14-17-9-11-18(19(13-17)27-3)28-20(24)12-10-16-7-5-4-6-8-16/h4-15,21H,1-3H3,(H,25,26)/b12-10+,23-14?. The first-order valence-electron chi connectivity index (χ1n) is 8.79. The average molecular weight is 381 g/mol. The number of carbonyl (C=O) groups is 2. The quantitative estimate of drug-likeness (QED) is 0.325. The molecular formula is C22H23NO5. The van der Waals surface area contributed by atoms with E-state index < -0.39 is 18.0 Å². The van der Waals surface area contributed by atoms with Crippen molar-refractivity contribution < 1.29 is 24.2 Å². The van der Waals surface area contributed by atoms with Gasteiger partial charge >= 0.3 is 11.9 Å². The molecule has 0 aromatic heterocycles. The van der Waals surface area contributed by atoms with Crippen molar-refractivity contribution in [3.63, 3.8) is 0 Å². The molecule has 0 aliphatic heterocycles. The van der Waals surface area contributed by atoms with Crippen molar-refractivity contribution in [3.05, 3.63) is 65.7 Å². The van der Waals surface area contributed by atoms with Crippen LogP contribution in [0.2, 0.25) is 0 Å². The van der Waals surface area contributed by atoms with Gasteiger partial charge in [0.1, 0.15) is 6.04 Å². The molecule has 0 heterocycles. The average Bonchev–Trinajstić information content (AvgIpc) is 2.67. The van der Waals surface area contributed by atoms with Gasteiger partial charge in [-0.15, -0.1) is 0 Å². The zero-order chi connectivity index (χ0) is 20.5. The highest BCUT2D eigenvalue weighted by atomic mass is 16.6. The van der Waals surface area contributed by atoms with E-state index in [1.165, 1.54) is 19.4 Å². The van der Waals surface area contributed by atoms with Gasteiger partial charge in [0, 0.05) is 12.3 Å². The van der Waals surface area contributed by atoms with Gasteiger partial charge in [-0.1, -0.05) is 44.2 Å². The van der Waals surface area contributed by atoms with E-state index in [1.54, 1.807) is 38.1 Å². The van der Waals surface area contributed by atoms with Crippen molar-refractivity contribution in [2.75, 3.05) is 7.11 Å². The number of ether oxygens (including phenoxy) is 2. The van der Waals surface area contributed by atoms with Crippen LogP contribution in [0.15, 0.2) is 59.6 Å². The Kier molecular flexibility index (Phi) is 7.51. The van der Waals surface area contributed by atoms with Crippen LogP contribution in [-0.2, 0) is 9.59 Å². The summed E-state index contributed by atoms with van der Waals surface area (Å²) in [7, 11) is 1.46. The molecule has 1 N–H and O–H groups in total. The van der Waals surface area contributed by atoms with Gasteiger partial charge in [-0.05, 0) is 41.3 Å². The SMILES string of the molecule is COc1cc(C=NC(C(=O)O)C(C)C)ccc1OC(=O)/C=C/c1ccccc1. The third kappa shape index (κ3) is 6.09. The van der Waals surface area contributed by atoms with Crippen LogP contribution < -0.4 is 9.47 Å². The fourth-order valence-electron chi connectivity index (χ4n) is 2.41. The van der Waals surface area contributed by atoms with Gasteiger partial charge in [0.05, 0.1) is 7.11 Å². The van der Waals surface area contributed by atoms with E-state index in [9.17, 15) is 14.7 Å². The van der Waals surface area contributed by atoms with E-state index in [1.807, 2.05) is 30.3 Å². The zero-order valence-corrected chi connectivity index (χ0v) is 16.0. The summed E-state index contributed by atoms with van der Waals surface area (Å²) in [5.41, 5.74) is 1.53. The van der Waals surface area contributed by atoms with Gasteiger partial charge in [0.2, 0.25) is 0 Å². The lowest BCUT2D eigenvalue weighted by Gasteiger charge is -2.11. The molecule has 1 atom stereocenters. The normalized spacial score (nSPS) is 12.4. The maximum absolute atomic E-state index is 12.0. The largest absolute Gasteiger partial charge is 0.493 e. The Morgan fingerprint density at radius 3 is 2.36 bits per heavy atom. The maximum atomic E-state index is 12.0. The van der Waals surface area contributed by atoms with Gasteiger partial charge in [-0.25, -0.2) is 9.59 Å². The molecule has 6 nitrogen and oxygen atoms in total. The predicted octanol–water partition coefficient (Wildman–Crippen LogP) is 3.84. The number of aliphatic imine (C=N–C) groups is 1. The first-order valence-corrected chi connectivity index (χ1v) is 8.79. The maximum Gasteiger partial charge on any atom is 0.336 e. The van der Waals surface area contributed by atoms with Crippen LogP contribution in [0.3, 0.4) is 0 Å². The first-order chi connectivity index (χ1) is 13.4. The molecule has 0 aliphatic rings. The Hall–Kier alpha value is -3.41. The number of nitrogens with zero attached hydrogens (tertiary/aromatic N) is 1. The summed E-state index contributed by atoms with van der Waals surface area (Å²) in [4.78, 5) is 27.4. The topological polar surface area (TPSA) is 85.2 Å². The van der Waals surface area contributed by atoms with Crippen LogP contribution in [0.1, 0.15) is 25.0 Å². The number of carboxylic acid groups (broad SMARTS) is 1. The second kappa shape index (κ2) is 10.1. The van der Waals surface area contributed by atoms with Crippen molar-refractivity contribution >= 4 is 24.2 Å². The molecule has 0 saturated heterocycles. The van der Waals surface area contributed by atoms with Crippen LogP contribution in [0.25, 0.3) is 6.08 Å². The van der Waals surface area contributed by atoms with Crippen molar-refractivity contribution in [1.82, 2.24) is 0 Å². The van der Waals surface area contributed by atoms with E-state index in [0.29, 0.717) is 11.3 Å². The van der Waals surface area contributed by atoms with E-state index in [-0.39, 0.29) is 11.7 Å². The van der Waals surface area contributed by atoms with Gasteiger partial charge in [0.25, 0.3) is 0 Å². The van der Waals surface area contributed by atoms with Crippen LogP contribution in [-0.4, -0.2) is 36.4 Å². The fraction of sp³-hybridized carbons (Fsp3) is 0.227. The molecule has 0 bridgehead atoms. The lowest BCUT2D eigenvalue weighted by Crippen LogP contribution is -2.24. The fourth-order valence-corrected chi connectivity index (χ4v) is 2.41. The predicted molar refractivity (Wildman–Crippen MR) is 108 cm³/mol.